The van der Waals surface area contributed by atoms with E-state index in [0.29, 0.717) is 5.75 Å². The Morgan fingerprint density at radius 1 is 1.06 bits per heavy atom. The molecule has 0 aromatic heterocycles. The molecule has 5 heteroatoms. The molecule has 0 amide bonds. The fraction of sp³-hybridized carbons (Fsp3) is 0.455. The minimum atomic E-state index is -2.95. The molecule has 1 aromatic carbocycles. The van der Waals surface area contributed by atoms with Gasteiger partial charge in [-0.05, 0) is 46.7 Å². The van der Waals surface area contributed by atoms with Crippen molar-refractivity contribution in [2.75, 3.05) is 28.2 Å². The molecule has 1 aromatic rings. The predicted molar refractivity (Wildman–Crippen MR) is 66.8 cm³/mol. The summed E-state index contributed by atoms with van der Waals surface area (Å²) in [5, 5.41) is 0. The zero-order valence-electron chi connectivity index (χ0n) is 10.5. The smallest absolute Gasteiger partial charge is 0.394 e. The van der Waals surface area contributed by atoms with Crippen LogP contribution >= 0.6 is 7.67 Å². The predicted octanol–water partition coefficient (Wildman–Crippen LogP) is 2.61. The zero-order valence-corrected chi connectivity index (χ0v) is 11.4. The number of nitrogens with zero attached hydrogens (tertiary/aromatic N) is 2. The fourth-order valence-electron chi connectivity index (χ4n) is 1.31. The van der Waals surface area contributed by atoms with Gasteiger partial charge in [0.2, 0.25) is 0 Å². The van der Waals surface area contributed by atoms with Crippen LogP contribution in [0.25, 0.3) is 0 Å². The molecular weight excluding hydrogens is 223 g/mol. The first kappa shape index (κ1) is 13.2. The average molecular weight is 242 g/mol. The van der Waals surface area contributed by atoms with Crippen LogP contribution in [-0.2, 0) is 4.57 Å². The number of benzene rings is 1. The van der Waals surface area contributed by atoms with E-state index in [1.54, 1.807) is 37.5 Å². The van der Waals surface area contributed by atoms with Crippen molar-refractivity contribution in [3.63, 3.8) is 0 Å². The van der Waals surface area contributed by atoms with Crippen LogP contribution in [-0.4, -0.2) is 37.5 Å². The van der Waals surface area contributed by atoms with Gasteiger partial charge in [-0.15, -0.1) is 0 Å². The summed E-state index contributed by atoms with van der Waals surface area (Å²) in [6, 6.07) is 7.57. The highest BCUT2D eigenvalue weighted by atomic mass is 31.2. The molecular formula is C11H19N2O2P. The lowest BCUT2D eigenvalue weighted by Gasteiger charge is -2.30. The summed E-state index contributed by atoms with van der Waals surface area (Å²) >= 11 is 0. The van der Waals surface area contributed by atoms with Crippen molar-refractivity contribution in [3.8, 4) is 5.75 Å². The topological polar surface area (TPSA) is 32.8 Å². The fourth-order valence-corrected chi connectivity index (χ4v) is 2.81. The van der Waals surface area contributed by atoms with E-state index < -0.39 is 7.67 Å². The van der Waals surface area contributed by atoms with Gasteiger partial charge in [-0.3, -0.25) is 0 Å². The third-order valence-corrected chi connectivity index (χ3v) is 4.78. The third-order valence-electron chi connectivity index (χ3n) is 2.32. The highest BCUT2D eigenvalue weighted by molar-refractivity contribution is 7.54. The first-order valence-corrected chi connectivity index (χ1v) is 6.62. The van der Waals surface area contributed by atoms with Crippen LogP contribution in [0.5, 0.6) is 5.75 Å². The molecule has 1 rings (SSSR count). The summed E-state index contributed by atoms with van der Waals surface area (Å²) in [6.07, 6.45) is 0. The van der Waals surface area contributed by atoms with Crippen molar-refractivity contribution in [1.29, 1.82) is 0 Å². The minimum Gasteiger partial charge on any atom is -0.422 e. The lowest BCUT2D eigenvalue weighted by atomic mass is 10.2. The molecule has 0 saturated heterocycles. The van der Waals surface area contributed by atoms with Gasteiger partial charge in [0.15, 0.2) is 0 Å². The number of hydrogen-bond donors (Lipinski definition) is 0. The Balaban J connectivity index is 3.03. The van der Waals surface area contributed by atoms with E-state index in [1.165, 1.54) is 0 Å². The van der Waals surface area contributed by atoms with Gasteiger partial charge in [0.05, 0.1) is 0 Å². The molecule has 0 fully saturated rings. The van der Waals surface area contributed by atoms with Gasteiger partial charge in [-0.2, -0.15) is 0 Å². The Morgan fingerprint density at radius 3 is 2.00 bits per heavy atom. The molecule has 0 bridgehead atoms. The second-order valence-electron chi connectivity index (χ2n) is 4.04. The quantitative estimate of drug-likeness (QED) is 0.760. The Bertz CT molecular complexity index is 393. The van der Waals surface area contributed by atoms with Gasteiger partial charge in [-0.1, -0.05) is 18.2 Å². The molecule has 0 atom stereocenters. The summed E-state index contributed by atoms with van der Waals surface area (Å²) in [5.41, 5.74) is 0.978. The molecule has 0 spiro atoms. The monoisotopic (exact) mass is 242 g/mol. The van der Waals surface area contributed by atoms with Gasteiger partial charge in [-0.25, -0.2) is 13.9 Å². The van der Waals surface area contributed by atoms with E-state index in [2.05, 4.69) is 0 Å². The SMILES string of the molecule is Cc1ccccc1OP(=O)(N(C)C)N(C)C. The highest BCUT2D eigenvalue weighted by Crippen LogP contribution is 2.50. The van der Waals surface area contributed by atoms with Crippen molar-refractivity contribution in [2.24, 2.45) is 0 Å². The number of rotatable bonds is 4. The van der Waals surface area contributed by atoms with E-state index in [4.69, 9.17) is 4.52 Å². The second kappa shape index (κ2) is 5.00. The van der Waals surface area contributed by atoms with E-state index in [0.717, 1.165) is 5.56 Å². The average Bonchev–Trinajstić information content (AvgIpc) is 2.20. The standard InChI is InChI=1S/C11H19N2O2P/c1-10-8-6-7-9-11(10)15-16(14,12(2)3)13(4)5/h6-9H,1-5H3. The van der Waals surface area contributed by atoms with Gasteiger partial charge >= 0.3 is 7.67 Å². The molecule has 0 radical (unpaired) electrons. The van der Waals surface area contributed by atoms with Crippen LogP contribution in [0.1, 0.15) is 5.56 Å². The first-order chi connectivity index (χ1) is 7.38. The second-order valence-corrected chi connectivity index (χ2v) is 6.81. The highest BCUT2D eigenvalue weighted by Gasteiger charge is 2.31. The largest absolute Gasteiger partial charge is 0.422 e. The van der Waals surface area contributed by atoms with Gasteiger partial charge < -0.3 is 4.52 Å². The van der Waals surface area contributed by atoms with E-state index in [1.807, 2.05) is 31.2 Å². The Hall–Kier alpha value is -0.830. The van der Waals surface area contributed by atoms with Crippen molar-refractivity contribution in [1.82, 2.24) is 9.34 Å². The van der Waals surface area contributed by atoms with Gasteiger partial charge in [0.25, 0.3) is 0 Å². The maximum atomic E-state index is 12.6. The van der Waals surface area contributed by atoms with Gasteiger partial charge in [0.1, 0.15) is 5.75 Å². The van der Waals surface area contributed by atoms with Crippen LogP contribution in [0.2, 0.25) is 0 Å². The molecule has 4 nitrogen and oxygen atoms in total. The molecule has 0 aliphatic heterocycles. The summed E-state index contributed by atoms with van der Waals surface area (Å²) in [7, 11) is 4.05. The molecule has 0 unspecified atom stereocenters. The molecule has 90 valence electrons. The molecule has 0 N–H and O–H groups in total. The Kier molecular flexibility index (Phi) is 4.14. The molecule has 0 aliphatic carbocycles. The lowest BCUT2D eigenvalue weighted by molar-refractivity contribution is 0.353. The summed E-state index contributed by atoms with van der Waals surface area (Å²) in [6.45, 7) is 1.94. The zero-order chi connectivity index (χ0) is 12.3. The lowest BCUT2D eigenvalue weighted by Crippen LogP contribution is -2.24. The number of hydrogen-bond acceptors (Lipinski definition) is 2. The Morgan fingerprint density at radius 2 is 1.56 bits per heavy atom. The summed E-state index contributed by atoms with van der Waals surface area (Å²) < 4.78 is 21.4. The maximum absolute atomic E-state index is 12.6. The van der Waals surface area contributed by atoms with E-state index >= 15 is 0 Å². The van der Waals surface area contributed by atoms with Gasteiger partial charge in [0, 0.05) is 0 Å². The van der Waals surface area contributed by atoms with Crippen LogP contribution < -0.4 is 4.52 Å². The molecule has 0 heterocycles. The number of para-hydroxylation sites is 1. The normalized spacial score (nSPS) is 12.2. The van der Waals surface area contributed by atoms with Crippen LogP contribution in [0, 0.1) is 6.92 Å². The minimum absolute atomic E-state index is 0.660. The molecule has 0 saturated carbocycles. The van der Waals surface area contributed by atoms with Crippen LogP contribution in [0.15, 0.2) is 24.3 Å². The van der Waals surface area contributed by atoms with Crippen molar-refractivity contribution >= 4 is 7.67 Å². The molecule has 16 heavy (non-hydrogen) atoms. The van der Waals surface area contributed by atoms with Crippen LogP contribution in [0.4, 0.5) is 0 Å². The first-order valence-electron chi connectivity index (χ1n) is 5.09. The van der Waals surface area contributed by atoms with Crippen molar-refractivity contribution in [2.45, 2.75) is 6.92 Å². The van der Waals surface area contributed by atoms with E-state index in [9.17, 15) is 4.57 Å². The molecule has 0 aliphatic rings. The summed E-state index contributed by atoms with van der Waals surface area (Å²) in [5.74, 6) is 0.660. The summed E-state index contributed by atoms with van der Waals surface area (Å²) in [4.78, 5) is 0. The van der Waals surface area contributed by atoms with Crippen molar-refractivity contribution in [3.05, 3.63) is 29.8 Å². The van der Waals surface area contributed by atoms with Crippen molar-refractivity contribution < 1.29 is 9.09 Å². The van der Waals surface area contributed by atoms with Crippen LogP contribution in [0.3, 0.4) is 0 Å². The van der Waals surface area contributed by atoms with E-state index in [-0.39, 0.29) is 0 Å². The Labute approximate surface area is 97.4 Å². The number of aryl methyl sites for hydroxylation is 1. The third kappa shape index (κ3) is 2.64. The maximum Gasteiger partial charge on any atom is 0.394 e.